The zero-order chi connectivity index (χ0) is 29.3. The van der Waals surface area contributed by atoms with Crippen LogP contribution in [0.2, 0.25) is 0 Å². The van der Waals surface area contributed by atoms with Gasteiger partial charge < -0.3 is 29.2 Å². The standard InChI is InChI=1S/C29H40FNO8/c1-9-31(27(35)39-28(4,5)6)19-14-18-11-10-12-22-25(38-29(7,8)37-22)24(33)20(30)13-16(2)17(3)36-26(34)23(18)21(32)15-19/h10-11,13-17,22,24-25,32-33H,9,12H2,1-8H3/t16-,17+,22+,24-,25+/m1/s1. The number of phenols is 1. The summed E-state index contributed by atoms with van der Waals surface area (Å²) in [5, 5.41) is 21.7. The molecule has 1 amide bonds. The fraction of sp³-hybridized carbons (Fsp3) is 0.586. The molecule has 5 atom stereocenters. The van der Waals surface area contributed by atoms with Crippen LogP contribution < -0.4 is 4.90 Å². The van der Waals surface area contributed by atoms with Crippen molar-refractivity contribution in [3.05, 3.63) is 41.2 Å². The Balaban J connectivity index is 2.09. The highest BCUT2D eigenvalue weighted by molar-refractivity contribution is 5.99. The van der Waals surface area contributed by atoms with Crippen LogP contribution in [-0.4, -0.2) is 64.6 Å². The Morgan fingerprint density at radius 3 is 2.51 bits per heavy atom. The van der Waals surface area contributed by atoms with Crippen LogP contribution in [0.3, 0.4) is 0 Å². The molecule has 0 unspecified atom stereocenters. The predicted octanol–water partition coefficient (Wildman–Crippen LogP) is 5.49. The van der Waals surface area contributed by atoms with Gasteiger partial charge in [-0.2, -0.15) is 0 Å². The molecular weight excluding hydrogens is 509 g/mol. The Morgan fingerprint density at radius 1 is 1.23 bits per heavy atom. The van der Waals surface area contributed by atoms with E-state index in [-0.39, 0.29) is 24.3 Å². The van der Waals surface area contributed by atoms with Crippen molar-refractivity contribution in [2.24, 2.45) is 5.92 Å². The number of ether oxygens (including phenoxy) is 4. The minimum Gasteiger partial charge on any atom is -0.507 e. The molecule has 39 heavy (non-hydrogen) atoms. The molecule has 1 saturated heterocycles. The van der Waals surface area contributed by atoms with E-state index in [0.717, 1.165) is 0 Å². The monoisotopic (exact) mass is 549 g/mol. The van der Waals surface area contributed by atoms with Crippen molar-refractivity contribution in [1.82, 2.24) is 0 Å². The first-order valence-corrected chi connectivity index (χ1v) is 13.2. The van der Waals surface area contributed by atoms with Crippen LogP contribution in [0.4, 0.5) is 14.9 Å². The summed E-state index contributed by atoms with van der Waals surface area (Å²) in [4.78, 5) is 27.4. The molecule has 2 aliphatic heterocycles. The predicted molar refractivity (Wildman–Crippen MR) is 144 cm³/mol. The topological polar surface area (TPSA) is 115 Å². The van der Waals surface area contributed by atoms with Crippen LogP contribution in [0.25, 0.3) is 6.08 Å². The number of carbonyl (C=O) groups excluding carboxylic acids is 2. The minimum absolute atomic E-state index is 0.101. The number of halogens is 1. The number of aromatic hydroxyl groups is 1. The second-order valence-corrected chi connectivity index (χ2v) is 11.4. The highest BCUT2D eigenvalue weighted by Gasteiger charge is 2.45. The first-order chi connectivity index (χ1) is 18.0. The van der Waals surface area contributed by atoms with Crippen molar-refractivity contribution in [2.45, 2.75) is 97.6 Å². The number of aliphatic hydroxyl groups is 1. The zero-order valence-electron chi connectivity index (χ0n) is 23.9. The molecule has 0 aliphatic carbocycles. The van der Waals surface area contributed by atoms with Crippen LogP contribution in [0.1, 0.15) is 77.7 Å². The van der Waals surface area contributed by atoms with E-state index in [1.165, 1.54) is 17.0 Å². The van der Waals surface area contributed by atoms with Gasteiger partial charge in [0.1, 0.15) is 41.1 Å². The van der Waals surface area contributed by atoms with Gasteiger partial charge in [0.05, 0.1) is 11.8 Å². The molecule has 1 fully saturated rings. The van der Waals surface area contributed by atoms with E-state index in [0.29, 0.717) is 11.3 Å². The van der Waals surface area contributed by atoms with Crippen molar-refractivity contribution >= 4 is 23.8 Å². The van der Waals surface area contributed by atoms with E-state index in [1.54, 1.807) is 73.6 Å². The molecule has 2 aliphatic rings. The number of amides is 1. The van der Waals surface area contributed by atoms with Crippen LogP contribution in [0.15, 0.2) is 30.1 Å². The second kappa shape index (κ2) is 11.7. The Labute approximate surface area is 229 Å². The lowest BCUT2D eigenvalue weighted by atomic mass is 9.98. The number of carbonyl (C=O) groups is 2. The quantitative estimate of drug-likeness (QED) is 0.466. The zero-order valence-corrected chi connectivity index (χ0v) is 23.9. The van der Waals surface area contributed by atoms with E-state index in [2.05, 4.69) is 0 Å². The van der Waals surface area contributed by atoms with Crippen LogP contribution >= 0.6 is 0 Å². The van der Waals surface area contributed by atoms with Crippen molar-refractivity contribution in [1.29, 1.82) is 0 Å². The Hall–Kier alpha value is -2.95. The van der Waals surface area contributed by atoms with Gasteiger partial charge in [0.2, 0.25) is 0 Å². The van der Waals surface area contributed by atoms with Gasteiger partial charge in [-0.25, -0.2) is 14.0 Å². The maximum atomic E-state index is 15.0. The third kappa shape index (κ3) is 7.38. The molecule has 10 heteroatoms. The highest BCUT2D eigenvalue weighted by atomic mass is 19.1. The summed E-state index contributed by atoms with van der Waals surface area (Å²) in [5.74, 6) is -3.66. The number of fused-ring (bicyclic) bond motifs is 2. The van der Waals surface area contributed by atoms with Gasteiger partial charge in [0.25, 0.3) is 0 Å². The molecule has 2 heterocycles. The molecule has 0 spiro atoms. The molecule has 0 radical (unpaired) electrons. The number of phenolic OH excluding ortho intramolecular Hbond substituents is 1. The first kappa shape index (κ1) is 30.6. The van der Waals surface area contributed by atoms with Gasteiger partial charge in [-0.1, -0.05) is 19.1 Å². The fourth-order valence-electron chi connectivity index (χ4n) is 4.50. The molecule has 3 rings (SSSR count). The molecule has 9 nitrogen and oxygen atoms in total. The lowest BCUT2D eigenvalue weighted by molar-refractivity contribution is -0.153. The molecule has 0 aromatic heterocycles. The summed E-state index contributed by atoms with van der Waals surface area (Å²) in [5.41, 5.74) is -0.215. The van der Waals surface area contributed by atoms with Crippen molar-refractivity contribution in [3.63, 3.8) is 0 Å². The number of hydrogen-bond donors (Lipinski definition) is 2. The van der Waals surface area contributed by atoms with Gasteiger partial charge in [-0.3, -0.25) is 4.90 Å². The maximum absolute atomic E-state index is 15.0. The number of anilines is 1. The fourth-order valence-corrected chi connectivity index (χ4v) is 4.50. The SMILES string of the molecule is CCN(C(=O)OC(C)(C)C)c1cc(O)c2c(c1)C=CC[C@@H]1OC(C)(C)O[C@@H]1[C@H](O)C(F)=C[C@@H](C)[C@H](C)OC2=O. The first-order valence-electron chi connectivity index (χ1n) is 13.2. The van der Waals surface area contributed by atoms with E-state index >= 15 is 4.39 Å². The van der Waals surface area contributed by atoms with Crippen LogP contribution in [0.5, 0.6) is 5.75 Å². The van der Waals surface area contributed by atoms with Crippen LogP contribution in [0, 0.1) is 5.92 Å². The average molecular weight is 550 g/mol. The Morgan fingerprint density at radius 2 is 1.90 bits per heavy atom. The Bertz CT molecular complexity index is 1140. The third-order valence-electron chi connectivity index (χ3n) is 6.52. The summed E-state index contributed by atoms with van der Waals surface area (Å²) >= 11 is 0. The molecule has 216 valence electrons. The van der Waals surface area contributed by atoms with Crippen molar-refractivity contribution < 1.29 is 43.1 Å². The largest absolute Gasteiger partial charge is 0.507 e. The highest BCUT2D eigenvalue weighted by Crippen LogP contribution is 2.36. The normalized spacial score (nSPS) is 27.5. The van der Waals surface area contributed by atoms with Crippen LogP contribution in [-0.2, 0) is 18.9 Å². The number of nitrogens with zero attached hydrogens (tertiary/aromatic N) is 1. The summed E-state index contributed by atoms with van der Waals surface area (Å²) in [6.45, 7) is 13.9. The van der Waals surface area contributed by atoms with Gasteiger partial charge in [0.15, 0.2) is 5.79 Å². The van der Waals surface area contributed by atoms with E-state index in [9.17, 15) is 19.8 Å². The van der Waals surface area contributed by atoms with Crippen molar-refractivity contribution in [3.8, 4) is 5.75 Å². The second-order valence-electron chi connectivity index (χ2n) is 11.4. The molecular formula is C29H40FNO8. The van der Waals surface area contributed by atoms with E-state index < -0.39 is 59.6 Å². The van der Waals surface area contributed by atoms with Gasteiger partial charge in [-0.05, 0) is 72.6 Å². The molecule has 1 aromatic carbocycles. The number of esters is 1. The molecule has 1 aromatic rings. The molecule has 2 N–H and O–H groups in total. The number of aliphatic hydroxyl groups excluding tert-OH is 1. The van der Waals surface area contributed by atoms with E-state index in [1.807, 2.05) is 0 Å². The minimum atomic E-state index is -1.58. The number of cyclic esters (lactones) is 1. The van der Waals surface area contributed by atoms with E-state index in [4.69, 9.17) is 18.9 Å². The summed E-state index contributed by atoms with van der Waals surface area (Å²) in [6, 6.07) is 2.89. The summed E-state index contributed by atoms with van der Waals surface area (Å²) < 4.78 is 37.8. The summed E-state index contributed by atoms with van der Waals surface area (Å²) in [7, 11) is 0. The van der Waals surface area contributed by atoms with Gasteiger partial charge in [-0.15, -0.1) is 0 Å². The lowest BCUT2D eigenvalue weighted by Gasteiger charge is -2.27. The summed E-state index contributed by atoms with van der Waals surface area (Å²) in [6.07, 6.45) is 0.0135. The van der Waals surface area contributed by atoms with Gasteiger partial charge in [0, 0.05) is 18.5 Å². The maximum Gasteiger partial charge on any atom is 0.414 e. The van der Waals surface area contributed by atoms with Crippen molar-refractivity contribution in [2.75, 3.05) is 11.4 Å². The molecule has 0 saturated carbocycles. The average Bonchev–Trinajstić information content (AvgIpc) is 3.10. The number of hydrogen-bond acceptors (Lipinski definition) is 8. The Kier molecular flexibility index (Phi) is 9.14. The third-order valence-corrected chi connectivity index (χ3v) is 6.52. The van der Waals surface area contributed by atoms with Gasteiger partial charge >= 0.3 is 12.1 Å². The number of rotatable bonds is 2. The lowest BCUT2D eigenvalue weighted by Crippen LogP contribution is -2.37. The smallest absolute Gasteiger partial charge is 0.414 e. The molecule has 0 bridgehead atoms. The number of benzene rings is 1.